The Kier molecular flexibility index (Phi) is 10.3. The summed E-state index contributed by atoms with van der Waals surface area (Å²) in [4.78, 5) is 38.0. The van der Waals surface area contributed by atoms with Crippen molar-refractivity contribution in [1.82, 2.24) is 10.6 Å². The largest absolute Gasteiger partial charge is 0.488 e. The van der Waals surface area contributed by atoms with Gasteiger partial charge in [-0.3, -0.25) is 9.59 Å². The van der Waals surface area contributed by atoms with Crippen LogP contribution in [0.1, 0.15) is 16.7 Å². The Labute approximate surface area is 221 Å². The van der Waals surface area contributed by atoms with E-state index < -0.39 is 29.9 Å². The van der Waals surface area contributed by atoms with Crippen LogP contribution in [-0.2, 0) is 33.6 Å². The molecule has 0 unspecified atom stereocenters. The molecule has 3 aromatic rings. The van der Waals surface area contributed by atoms with Crippen molar-refractivity contribution in [2.75, 3.05) is 6.61 Å². The van der Waals surface area contributed by atoms with Gasteiger partial charge in [0.15, 0.2) is 0 Å². The highest BCUT2D eigenvalue weighted by Crippen LogP contribution is 2.25. The molecule has 3 rings (SSSR count). The topological polar surface area (TPSA) is 105 Å². The molecule has 0 heterocycles. The lowest BCUT2D eigenvalue weighted by atomic mass is 10.0. The number of hydrogen-bond donors (Lipinski definition) is 3. The van der Waals surface area contributed by atoms with E-state index in [2.05, 4.69) is 17.2 Å². The maximum Gasteiger partial charge on any atom is 0.326 e. The lowest BCUT2D eigenvalue weighted by molar-refractivity contribution is -0.142. The van der Waals surface area contributed by atoms with Gasteiger partial charge in [-0.2, -0.15) is 0 Å². The zero-order chi connectivity index (χ0) is 26.6. The van der Waals surface area contributed by atoms with Crippen molar-refractivity contribution >= 4 is 29.4 Å². The number of hydrogen-bond acceptors (Lipinski definition) is 4. The van der Waals surface area contributed by atoms with Gasteiger partial charge >= 0.3 is 5.97 Å². The highest BCUT2D eigenvalue weighted by atomic mass is 35.5. The summed E-state index contributed by atoms with van der Waals surface area (Å²) in [7, 11) is 0. The van der Waals surface area contributed by atoms with Crippen molar-refractivity contribution in [2.24, 2.45) is 0 Å². The summed E-state index contributed by atoms with van der Waals surface area (Å²) >= 11 is 6.25. The molecule has 2 atom stereocenters. The van der Waals surface area contributed by atoms with E-state index >= 15 is 0 Å². The molecule has 0 aromatic heterocycles. The van der Waals surface area contributed by atoms with Gasteiger partial charge in [0.2, 0.25) is 11.8 Å². The predicted molar refractivity (Wildman–Crippen MR) is 143 cm³/mol. The number of benzene rings is 3. The maximum atomic E-state index is 13.2. The summed E-state index contributed by atoms with van der Waals surface area (Å²) in [6.07, 6.45) is 1.90. The molecule has 0 saturated heterocycles. The molecule has 3 aromatic carbocycles. The molecule has 0 bridgehead atoms. The van der Waals surface area contributed by atoms with Crippen LogP contribution >= 0.6 is 11.6 Å². The van der Waals surface area contributed by atoms with Gasteiger partial charge in [-0.15, -0.1) is 0 Å². The molecule has 0 aliphatic heterocycles. The SMILES string of the molecule is C=CCOc1ccc(CC(=O)N[C@@H](Cc2ccccc2)C(=O)N[C@@H](Cc2ccccc2)C(=O)O)cc1Cl. The first-order valence-electron chi connectivity index (χ1n) is 11.8. The number of amides is 2. The number of nitrogens with one attached hydrogen (secondary N) is 2. The monoisotopic (exact) mass is 520 g/mol. The summed E-state index contributed by atoms with van der Waals surface area (Å²) in [6, 6.07) is 21.1. The molecule has 0 aliphatic carbocycles. The third-order valence-corrected chi connectivity index (χ3v) is 5.84. The van der Waals surface area contributed by atoms with Crippen molar-refractivity contribution in [3.8, 4) is 5.75 Å². The lowest BCUT2D eigenvalue weighted by Crippen LogP contribution is -2.53. The van der Waals surface area contributed by atoms with Gasteiger partial charge in [-0.1, -0.05) is 91.0 Å². The molecule has 37 heavy (non-hydrogen) atoms. The van der Waals surface area contributed by atoms with Gasteiger partial charge in [0.1, 0.15) is 24.4 Å². The van der Waals surface area contributed by atoms with Gasteiger partial charge in [-0.25, -0.2) is 4.79 Å². The van der Waals surface area contributed by atoms with E-state index in [1.807, 2.05) is 36.4 Å². The second-order valence-electron chi connectivity index (χ2n) is 8.44. The molecular weight excluding hydrogens is 492 g/mol. The smallest absolute Gasteiger partial charge is 0.326 e. The molecule has 0 fully saturated rings. The number of halogens is 1. The number of carboxylic acid groups (broad SMARTS) is 1. The fraction of sp³-hybridized carbons (Fsp3) is 0.207. The van der Waals surface area contributed by atoms with Crippen molar-refractivity contribution in [3.05, 3.63) is 113 Å². The van der Waals surface area contributed by atoms with Crippen molar-refractivity contribution in [1.29, 1.82) is 0 Å². The van der Waals surface area contributed by atoms with Crippen LogP contribution in [0.2, 0.25) is 5.02 Å². The van der Waals surface area contributed by atoms with Crippen LogP contribution in [0.3, 0.4) is 0 Å². The zero-order valence-electron chi connectivity index (χ0n) is 20.2. The van der Waals surface area contributed by atoms with Crippen LogP contribution in [-0.4, -0.2) is 41.6 Å². The average Bonchev–Trinajstić information content (AvgIpc) is 2.88. The van der Waals surface area contributed by atoms with Crippen LogP contribution in [0.5, 0.6) is 5.75 Å². The number of carbonyl (C=O) groups excluding carboxylic acids is 2. The van der Waals surface area contributed by atoms with E-state index in [1.54, 1.807) is 48.5 Å². The highest BCUT2D eigenvalue weighted by molar-refractivity contribution is 6.32. The van der Waals surface area contributed by atoms with E-state index in [0.29, 0.717) is 22.9 Å². The molecule has 0 aliphatic rings. The summed E-state index contributed by atoms with van der Waals surface area (Å²) in [5.41, 5.74) is 2.24. The molecular formula is C29H29ClN2O5. The zero-order valence-corrected chi connectivity index (χ0v) is 21.0. The van der Waals surface area contributed by atoms with Crippen LogP contribution in [0, 0.1) is 0 Å². The molecule has 2 amide bonds. The number of carboxylic acids is 1. The predicted octanol–water partition coefficient (Wildman–Crippen LogP) is 3.99. The summed E-state index contributed by atoms with van der Waals surface area (Å²) in [6.45, 7) is 3.90. The van der Waals surface area contributed by atoms with Crippen LogP contribution in [0.25, 0.3) is 0 Å². The molecule has 0 radical (unpaired) electrons. The van der Waals surface area contributed by atoms with Crippen molar-refractivity contribution in [3.63, 3.8) is 0 Å². The third-order valence-electron chi connectivity index (χ3n) is 5.55. The normalized spacial score (nSPS) is 12.1. The van der Waals surface area contributed by atoms with Gasteiger partial charge in [0, 0.05) is 12.8 Å². The maximum absolute atomic E-state index is 13.2. The molecule has 192 valence electrons. The Morgan fingerprint density at radius 2 is 1.46 bits per heavy atom. The number of rotatable bonds is 13. The molecule has 0 spiro atoms. The quantitative estimate of drug-likeness (QED) is 0.296. The Morgan fingerprint density at radius 1 is 0.865 bits per heavy atom. The minimum atomic E-state index is -1.16. The van der Waals surface area contributed by atoms with Gasteiger partial charge in [-0.05, 0) is 28.8 Å². The van der Waals surface area contributed by atoms with Gasteiger partial charge < -0.3 is 20.5 Å². The summed E-state index contributed by atoms with van der Waals surface area (Å²) in [5, 5.41) is 15.4. The second-order valence-corrected chi connectivity index (χ2v) is 8.85. The molecule has 0 saturated carbocycles. The second kappa shape index (κ2) is 13.8. The van der Waals surface area contributed by atoms with Crippen molar-refractivity contribution in [2.45, 2.75) is 31.3 Å². The first-order chi connectivity index (χ1) is 17.9. The Morgan fingerprint density at radius 3 is 2.00 bits per heavy atom. The van der Waals surface area contributed by atoms with E-state index in [4.69, 9.17) is 16.3 Å². The Bertz CT molecular complexity index is 1220. The number of aliphatic carboxylic acids is 1. The van der Waals surface area contributed by atoms with Gasteiger partial charge in [0.05, 0.1) is 11.4 Å². The summed E-state index contributed by atoms with van der Waals surface area (Å²) in [5.74, 6) is -1.66. The Hall–Kier alpha value is -4.10. The molecule has 3 N–H and O–H groups in total. The first kappa shape index (κ1) is 27.5. The van der Waals surface area contributed by atoms with Crippen LogP contribution < -0.4 is 15.4 Å². The molecule has 8 heteroatoms. The van der Waals surface area contributed by atoms with Crippen LogP contribution in [0.15, 0.2) is 91.5 Å². The Balaban J connectivity index is 1.72. The number of ether oxygens (including phenoxy) is 1. The fourth-order valence-corrected chi connectivity index (χ4v) is 3.99. The third kappa shape index (κ3) is 8.81. The fourth-order valence-electron chi connectivity index (χ4n) is 3.73. The van der Waals surface area contributed by atoms with E-state index in [0.717, 1.165) is 11.1 Å². The standard InChI is InChI=1S/C29H29ClN2O5/c1-2-15-37-26-14-13-22(16-23(26)30)19-27(33)31-24(17-20-9-5-3-6-10-20)28(34)32-25(29(35)36)18-21-11-7-4-8-12-21/h2-14,16,24-25H,1,15,17-19H2,(H,31,33)(H,32,34)(H,35,36)/t24-,25-/m0/s1. The van der Waals surface area contributed by atoms with E-state index in [9.17, 15) is 19.5 Å². The minimum Gasteiger partial charge on any atom is -0.488 e. The van der Waals surface area contributed by atoms with Crippen LogP contribution in [0.4, 0.5) is 0 Å². The van der Waals surface area contributed by atoms with Gasteiger partial charge in [0.25, 0.3) is 0 Å². The number of carbonyl (C=O) groups is 3. The van der Waals surface area contributed by atoms with Crippen molar-refractivity contribution < 1.29 is 24.2 Å². The van der Waals surface area contributed by atoms with E-state index in [1.165, 1.54) is 0 Å². The minimum absolute atomic E-state index is 0.0214. The highest BCUT2D eigenvalue weighted by Gasteiger charge is 2.27. The first-order valence-corrected chi connectivity index (χ1v) is 12.2. The lowest BCUT2D eigenvalue weighted by Gasteiger charge is -2.22. The molecule has 7 nitrogen and oxygen atoms in total. The van der Waals surface area contributed by atoms with E-state index in [-0.39, 0.29) is 19.3 Å². The summed E-state index contributed by atoms with van der Waals surface area (Å²) < 4.78 is 5.46. The average molecular weight is 521 g/mol.